The number of rotatable bonds is 12. The molecule has 0 fully saturated rings. The highest BCUT2D eigenvalue weighted by atomic mass is 16.6. The molecule has 0 aliphatic carbocycles. The predicted octanol–water partition coefficient (Wildman–Crippen LogP) is 6.52. The second-order valence-corrected chi connectivity index (χ2v) is 12.3. The van der Waals surface area contributed by atoms with Gasteiger partial charge in [0.1, 0.15) is 12.1 Å². The van der Waals surface area contributed by atoms with E-state index in [1.807, 2.05) is 126 Å². The van der Waals surface area contributed by atoms with Gasteiger partial charge >= 0.3 is 6.09 Å². The van der Waals surface area contributed by atoms with Gasteiger partial charge in [0, 0.05) is 33.2 Å². The maximum absolute atomic E-state index is 12.9. The standard InChI is InChI=1S/C22H28N2O3.C17H20N2O/c1-22(2,3)27-21(26)23(4)17-20(25)24(15-18-11-7-5-8-12-18)16-19-13-9-6-10-14-19;1-18-12-17(20)19(13-15-8-4-2-5-9-15)14-16-10-6-3-7-11-16/h5-14H,15-17H2,1-4H3;2-11,18H,12-14H2,1H3. The Balaban J connectivity index is 0.000000267. The van der Waals surface area contributed by atoms with Crippen LogP contribution in [0.2, 0.25) is 0 Å². The molecule has 8 nitrogen and oxygen atoms in total. The number of hydrogen-bond donors (Lipinski definition) is 1. The molecule has 47 heavy (non-hydrogen) atoms. The van der Waals surface area contributed by atoms with Crippen molar-refractivity contribution in [1.29, 1.82) is 0 Å². The molecule has 8 heteroatoms. The molecule has 0 aromatic heterocycles. The van der Waals surface area contributed by atoms with Crippen LogP contribution in [0.1, 0.15) is 43.0 Å². The van der Waals surface area contributed by atoms with Crippen LogP contribution in [0, 0.1) is 0 Å². The molecule has 4 rings (SSSR count). The fourth-order valence-corrected chi connectivity index (χ4v) is 4.65. The van der Waals surface area contributed by atoms with Gasteiger partial charge in [-0.2, -0.15) is 0 Å². The van der Waals surface area contributed by atoms with Crippen LogP contribution in [0.25, 0.3) is 0 Å². The Morgan fingerprint density at radius 1 is 0.574 bits per heavy atom. The Morgan fingerprint density at radius 3 is 1.19 bits per heavy atom. The van der Waals surface area contributed by atoms with Gasteiger partial charge in [-0.05, 0) is 50.1 Å². The maximum Gasteiger partial charge on any atom is 0.410 e. The fourth-order valence-electron chi connectivity index (χ4n) is 4.65. The van der Waals surface area contributed by atoms with E-state index >= 15 is 0 Å². The second kappa shape index (κ2) is 18.9. The summed E-state index contributed by atoms with van der Waals surface area (Å²) in [5.41, 5.74) is 3.78. The van der Waals surface area contributed by atoms with E-state index in [1.54, 1.807) is 39.8 Å². The SMILES string of the molecule is CN(CC(=O)N(Cc1ccccc1)Cc1ccccc1)C(=O)OC(C)(C)C.CNCC(=O)N(Cc1ccccc1)Cc1ccccc1. The number of carbonyl (C=O) groups is 3. The van der Waals surface area contributed by atoms with E-state index in [0.29, 0.717) is 32.7 Å². The Hall–Kier alpha value is -4.95. The molecule has 4 aromatic rings. The van der Waals surface area contributed by atoms with Gasteiger partial charge in [0.15, 0.2) is 0 Å². The fraction of sp³-hybridized carbons (Fsp3) is 0.308. The zero-order valence-electron chi connectivity index (χ0n) is 28.3. The van der Waals surface area contributed by atoms with Crippen LogP contribution in [0.15, 0.2) is 121 Å². The van der Waals surface area contributed by atoms with Crippen molar-refractivity contribution >= 4 is 17.9 Å². The van der Waals surface area contributed by atoms with Crippen LogP contribution in [0.5, 0.6) is 0 Å². The van der Waals surface area contributed by atoms with E-state index in [9.17, 15) is 14.4 Å². The lowest BCUT2D eigenvalue weighted by atomic mass is 10.1. The van der Waals surface area contributed by atoms with Gasteiger partial charge in [-0.15, -0.1) is 0 Å². The van der Waals surface area contributed by atoms with Gasteiger partial charge < -0.3 is 24.8 Å². The molecule has 0 atom stereocenters. The van der Waals surface area contributed by atoms with E-state index in [-0.39, 0.29) is 18.4 Å². The molecular formula is C39H48N4O4. The Bertz CT molecular complexity index is 1410. The van der Waals surface area contributed by atoms with Gasteiger partial charge in [-0.1, -0.05) is 121 Å². The number of benzene rings is 4. The minimum absolute atomic E-state index is 0.0332. The second-order valence-electron chi connectivity index (χ2n) is 12.3. The number of likely N-dealkylation sites (N-methyl/N-ethyl adjacent to an activating group) is 2. The topological polar surface area (TPSA) is 82.2 Å². The molecule has 0 aliphatic rings. The number of amides is 3. The van der Waals surface area contributed by atoms with Crippen LogP contribution < -0.4 is 5.32 Å². The van der Waals surface area contributed by atoms with Crippen molar-refractivity contribution in [2.24, 2.45) is 0 Å². The molecule has 1 N–H and O–H groups in total. The first kappa shape index (κ1) is 36.5. The van der Waals surface area contributed by atoms with E-state index in [4.69, 9.17) is 4.74 Å². The molecule has 0 radical (unpaired) electrons. The van der Waals surface area contributed by atoms with Crippen LogP contribution in [-0.4, -0.2) is 65.4 Å². The predicted molar refractivity (Wildman–Crippen MR) is 187 cm³/mol. The minimum atomic E-state index is -0.595. The zero-order chi connectivity index (χ0) is 34.1. The van der Waals surface area contributed by atoms with E-state index in [2.05, 4.69) is 5.32 Å². The average molecular weight is 637 g/mol. The first-order chi connectivity index (χ1) is 22.5. The van der Waals surface area contributed by atoms with Crippen molar-refractivity contribution < 1.29 is 19.1 Å². The van der Waals surface area contributed by atoms with Crippen LogP contribution in [0.3, 0.4) is 0 Å². The molecule has 0 unspecified atom stereocenters. The van der Waals surface area contributed by atoms with Crippen LogP contribution in [0.4, 0.5) is 4.79 Å². The third kappa shape index (κ3) is 13.9. The van der Waals surface area contributed by atoms with Gasteiger partial charge in [-0.3, -0.25) is 9.59 Å². The van der Waals surface area contributed by atoms with Gasteiger partial charge in [0.2, 0.25) is 11.8 Å². The Kier molecular flexibility index (Phi) is 14.7. The summed E-state index contributed by atoms with van der Waals surface area (Å²) in [5.74, 6) is -0.0173. The highest BCUT2D eigenvalue weighted by molar-refractivity contribution is 5.82. The first-order valence-corrected chi connectivity index (χ1v) is 15.8. The van der Waals surface area contributed by atoms with Crippen molar-refractivity contribution in [3.8, 4) is 0 Å². The molecule has 0 saturated carbocycles. The van der Waals surface area contributed by atoms with Gasteiger partial charge in [0.25, 0.3) is 0 Å². The monoisotopic (exact) mass is 636 g/mol. The summed E-state index contributed by atoms with van der Waals surface area (Å²) in [6, 6.07) is 39.8. The molecule has 0 heterocycles. The number of carbonyl (C=O) groups excluding carboxylic acids is 3. The summed E-state index contributed by atoms with van der Waals surface area (Å²) in [6.45, 7) is 7.97. The highest BCUT2D eigenvalue weighted by Gasteiger charge is 2.23. The summed E-state index contributed by atoms with van der Waals surface area (Å²) in [4.78, 5) is 42.2. The third-order valence-electron chi connectivity index (χ3n) is 6.98. The Labute approximate surface area is 280 Å². The molecule has 4 aromatic carbocycles. The largest absolute Gasteiger partial charge is 0.444 e. The number of ether oxygens (including phenoxy) is 1. The molecular weight excluding hydrogens is 588 g/mol. The smallest absolute Gasteiger partial charge is 0.410 e. The molecule has 248 valence electrons. The van der Waals surface area contributed by atoms with Crippen molar-refractivity contribution in [1.82, 2.24) is 20.0 Å². The molecule has 0 spiro atoms. The summed E-state index contributed by atoms with van der Waals surface area (Å²) in [5, 5.41) is 2.93. The third-order valence-corrected chi connectivity index (χ3v) is 6.98. The van der Waals surface area contributed by atoms with Crippen LogP contribution >= 0.6 is 0 Å². The lowest BCUT2D eigenvalue weighted by Crippen LogP contribution is -2.42. The summed E-state index contributed by atoms with van der Waals surface area (Å²) >= 11 is 0. The quantitative estimate of drug-likeness (QED) is 0.192. The van der Waals surface area contributed by atoms with Gasteiger partial charge in [0.05, 0.1) is 6.54 Å². The van der Waals surface area contributed by atoms with E-state index in [0.717, 1.165) is 22.3 Å². The summed E-state index contributed by atoms with van der Waals surface area (Å²) < 4.78 is 5.33. The number of nitrogens with one attached hydrogen (secondary N) is 1. The Morgan fingerprint density at radius 2 is 0.894 bits per heavy atom. The van der Waals surface area contributed by atoms with Gasteiger partial charge in [-0.25, -0.2) is 4.79 Å². The lowest BCUT2D eigenvalue weighted by Gasteiger charge is -2.28. The van der Waals surface area contributed by atoms with Crippen molar-refractivity contribution in [3.63, 3.8) is 0 Å². The molecule has 3 amide bonds. The van der Waals surface area contributed by atoms with Crippen LogP contribution in [-0.2, 0) is 40.5 Å². The summed E-state index contributed by atoms with van der Waals surface area (Å²) in [7, 11) is 3.37. The van der Waals surface area contributed by atoms with Crippen molar-refractivity contribution in [2.45, 2.75) is 52.6 Å². The van der Waals surface area contributed by atoms with Crippen molar-refractivity contribution in [3.05, 3.63) is 144 Å². The van der Waals surface area contributed by atoms with E-state index < -0.39 is 11.7 Å². The lowest BCUT2D eigenvalue weighted by molar-refractivity contribution is -0.133. The highest BCUT2D eigenvalue weighted by Crippen LogP contribution is 2.13. The van der Waals surface area contributed by atoms with E-state index in [1.165, 1.54) is 4.90 Å². The summed E-state index contributed by atoms with van der Waals surface area (Å²) in [6.07, 6.45) is -0.504. The number of nitrogens with zero attached hydrogens (tertiary/aromatic N) is 3. The molecule has 0 bridgehead atoms. The zero-order valence-corrected chi connectivity index (χ0v) is 28.3. The minimum Gasteiger partial charge on any atom is -0.444 e. The molecule has 0 saturated heterocycles. The average Bonchev–Trinajstić information content (AvgIpc) is 3.06. The number of hydrogen-bond acceptors (Lipinski definition) is 5. The van der Waals surface area contributed by atoms with Crippen molar-refractivity contribution in [2.75, 3.05) is 27.2 Å². The normalized spacial score (nSPS) is 10.7. The first-order valence-electron chi connectivity index (χ1n) is 15.8. The maximum atomic E-state index is 12.9. The molecule has 0 aliphatic heterocycles.